The Morgan fingerprint density at radius 2 is 2.12 bits per heavy atom. The van der Waals surface area contributed by atoms with Crippen molar-refractivity contribution in [2.75, 3.05) is 0 Å². The number of hydrogen-bond acceptors (Lipinski definition) is 2. The maximum absolute atomic E-state index is 13.4. The van der Waals surface area contributed by atoms with E-state index in [0.717, 1.165) is 12.6 Å². The van der Waals surface area contributed by atoms with Crippen LogP contribution in [-0.4, -0.2) is 14.8 Å². The summed E-state index contributed by atoms with van der Waals surface area (Å²) in [6, 6.07) is 3.55. The molecule has 0 fully saturated rings. The average molecular weight is 223 g/mol. The van der Waals surface area contributed by atoms with E-state index in [1.807, 2.05) is 11.5 Å². The fourth-order valence-corrected chi connectivity index (χ4v) is 1.52. The summed E-state index contributed by atoms with van der Waals surface area (Å²) in [7, 11) is 0. The number of aromatic nitrogens is 3. The molecule has 0 unspecified atom stereocenters. The van der Waals surface area contributed by atoms with Crippen molar-refractivity contribution in [3.63, 3.8) is 0 Å². The molecule has 0 amide bonds. The van der Waals surface area contributed by atoms with E-state index < -0.39 is 11.6 Å². The summed E-state index contributed by atoms with van der Waals surface area (Å²) >= 11 is 0. The lowest BCUT2D eigenvalue weighted by Gasteiger charge is -2.04. The SMILES string of the molecule is CCn1cnnc1Cc1ccc(F)cc1F. The highest BCUT2D eigenvalue weighted by molar-refractivity contribution is 5.21. The zero-order valence-corrected chi connectivity index (χ0v) is 8.82. The quantitative estimate of drug-likeness (QED) is 0.798. The van der Waals surface area contributed by atoms with Crippen LogP contribution < -0.4 is 0 Å². The monoisotopic (exact) mass is 223 g/mol. The van der Waals surface area contributed by atoms with Gasteiger partial charge < -0.3 is 4.57 Å². The molecule has 84 valence electrons. The number of rotatable bonds is 3. The molecule has 0 aliphatic heterocycles. The van der Waals surface area contributed by atoms with Crippen LogP contribution in [-0.2, 0) is 13.0 Å². The van der Waals surface area contributed by atoms with Crippen LogP contribution in [0.15, 0.2) is 24.5 Å². The zero-order chi connectivity index (χ0) is 11.5. The maximum Gasteiger partial charge on any atom is 0.137 e. The molecular weight excluding hydrogens is 212 g/mol. The van der Waals surface area contributed by atoms with Crippen LogP contribution in [0.3, 0.4) is 0 Å². The van der Waals surface area contributed by atoms with Crippen molar-refractivity contribution in [2.45, 2.75) is 19.9 Å². The molecule has 16 heavy (non-hydrogen) atoms. The van der Waals surface area contributed by atoms with Crippen molar-refractivity contribution in [3.05, 3.63) is 47.5 Å². The molecule has 3 nitrogen and oxygen atoms in total. The molecular formula is C11H11F2N3. The van der Waals surface area contributed by atoms with Crippen molar-refractivity contribution >= 4 is 0 Å². The first-order valence-electron chi connectivity index (χ1n) is 5.01. The minimum atomic E-state index is -0.571. The molecule has 0 spiro atoms. The van der Waals surface area contributed by atoms with Crippen LogP contribution >= 0.6 is 0 Å². The van der Waals surface area contributed by atoms with Gasteiger partial charge in [-0.2, -0.15) is 0 Å². The summed E-state index contributed by atoms with van der Waals surface area (Å²) in [5.41, 5.74) is 0.420. The third-order valence-corrected chi connectivity index (χ3v) is 2.40. The molecule has 1 aromatic heterocycles. The molecule has 5 heteroatoms. The molecule has 0 N–H and O–H groups in total. The van der Waals surface area contributed by atoms with E-state index in [9.17, 15) is 8.78 Å². The molecule has 0 radical (unpaired) electrons. The van der Waals surface area contributed by atoms with Gasteiger partial charge in [0.05, 0.1) is 0 Å². The fraction of sp³-hybridized carbons (Fsp3) is 0.273. The van der Waals surface area contributed by atoms with Crippen molar-refractivity contribution < 1.29 is 8.78 Å². The molecule has 0 aliphatic carbocycles. The van der Waals surface area contributed by atoms with Gasteiger partial charge in [-0.3, -0.25) is 0 Å². The van der Waals surface area contributed by atoms with Crippen molar-refractivity contribution in [1.29, 1.82) is 0 Å². The standard InChI is InChI=1S/C11H11F2N3/c1-2-16-7-14-15-11(16)5-8-3-4-9(12)6-10(8)13/h3-4,6-7H,2,5H2,1H3. The lowest BCUT2D eigenvalue weighted by Crippen LogP contribution is -2.03. The molecule has 2 aromatic rings. The molecule has 2 rings (SSSR count). The number of nitrogens with zero attached hydrogens (tertiary/aromatic N) is 3. The Bertz CT molecular complexity index is 494. The summed E-state index contributed by atoms with van der Waals surface area (Å²) in [6.45, 7) is 2.68. The number of hydrogen-bond donors (Lipinski definition) is 0. The van der Waals surface area contributed by atoms with Crippen LogP contribution in [0.2, 0.25) is 0 Å². The number of benzene rings is 1. The molecule has 1 aromatic carbocycles. The normalized spacial score (nSPS) is 10.7. The van der Waals surface area contributed by atoms with Gasteiger partial charge in [-0.15, -0.1) is 10.2 Å². The fourth-order valence-electron chi connectivity index (χ4n) is 1.52. The van der Waals surface area contributed by atoms with Gasteiger partial charge in [0.15, 0.2) is 0 Å². The van der Waals surface area contributed by atoms with E-state index in [1.54, 1.807) is 6.33 Å². The van der Waals surface area contributed by atoms with Gasteiger partial charge in [-0.25, -0.2) is 8.78 Å². The van der Waals surface area contributed by atoms with Crippen LogP contribution in [0.4, 0.5) is 8.78 Å². The summed E-state index contributed by atoms with van der Waals surface area (Å²) in [6.07, 6.45) is 1.91. The largest absolute Gasteiger partial charge is 0.318 e. The van der Waals surface area contributed by atoms with Gasteiger partial charge in [0.2, 0.25) is 0 Å². The van der Waals surface area contributed by atoms with E-state index >= 15 is 0 Å². The van der Waals surface area contributed by atoms with Crippen LogP contribution in [0, 0.1) is 11.6 Å². The Morgan fingerprint density at radius 1 is 1.31 bits per heavy atom. The second kappa shape index (κ2) is 4.38. The first-order chi connectivity index (χ1) is 7.70. The Balaban J connectivity index is 2.27. The molecule has 1 heterocycles. The van der Waals surface area contributed by atoms with Crippen LogP contribution in [0.25, 0.3) is 0 Å². The summed E-state index contributed by atoms with van der Waals surface area (Å²) in [4.78, 5) is 0. The highest BCUT2D eigenvalue weighted by Gasteiger charge is 2.08. The van der Waals surface area contributed by atoms with Gasteiger partial charge in [0.25, 0.3) is 0 Å². The van der Waals surface area contributed by atoms with E-state index in [4.69, 9.17) is 0 Å². The minimum absolute atomic E-state index is 0.319. The highest BCUT2D eigenvalue weighted by atomic mass is 19.1. The third-order valence-electron chi connectivity index (χ3n) is 2.40. The molecule has 0 aliphatic rings. The van der Waals surface area contributed by atoms with E-state index in [2.05, 4.69) is 10.2 Å². The molecule has 0 bridgehead atoms. The van der Waals surface area contributed by atoms with Crippen molar-refractivity contribution in [1.82, 2.24) is 14.8 Å². The lowest BCUT2D eigenvalue weighted by atomic mass is 10.1. The molecule has 0 saturated carbocycles. The second-order valence-corrected chi connectivity index (χ2v) is 3.45. The Kier molecular flexibility index (Phi) is 2.94. The van der Waals surface area contributed by atoms with Gasteiger partial charge in [0.1, 0.15) is 23.8 Å². The van der Waals surface area contributed by atoms with Crippen molar-refractivity contribution in [2.24, 2.45) is 0 Å². The first kappa shape index (κ1) is 10.7. The summed E-state index contributed by atoms with van der Waals surface area (Å²) in [5.74, 6) is -0.447. The predicted octanol–water partition coefficient (Wildman–Crippen LogP) is 2.17. The average Bonchev–Trinajstić information content (AvgIpc) is 2.69. The predicted molar refractivity (Wildman–Crippen MR) is 54.9 cm³/mol. The smallest absolute Gasteiger partial charge is 0.137 e. The van der Waals surface area contributed by atoms with E-state index in [0.29, 0.717) is 17.8 Å². The number of aryl methyl sites for hydroxylation is 1. The highest BCUT2D eigenvalue weighted by Crippen LogP contribution is 2.13. The van der Waals surface area contributed by atoms with Gasteiger partial charge in [-0.05, 0) is 18.6 Å². The van der Waals surface area contributed by atoms with Gasteiger partial charge >= 0.3 is 0 Å². The summed E-state index contributed by atoms with van der Waals surface area (Å²) < 4.78 is 27.9. The Morgan fingerprint density at radius 3 is 2.81 bits per heavy atom. The van der Waals surface area contributed by atoms with Gasteiger partial charge in [-0.1, -0.05) is 6.07 Å². The Hall–Kier alpha value is -1.78. The number of halogens is 2. The Labute approximate surface area is 91.7 Å². The van der Waals surface area contributed by atoms with Crippen LogP contribution in [0.5, 0.6) is 0 Å². The molecule has 0 saturated heterocycles. The van der Waals surface area contributed by atoms with Crippen LogP contribution in [0.1, 0.15) is 18.3 Å². The minimum Gasteiger partial charge on any atom is -0.318 e. The van der Waals surface area contributed by atoms with Crippen molar-refractivity contribution in [3.8, 4) is 0 Å². The third kappa shape index (κ3) is 2.08. The lowest BCUT2D eigenvalue weighted by molar-refractivity contribution is 0.571. The topological polar surface area (TPSA) is 30.7 Å². The first-order valence-corrected chi connectivity index (χ1v) is 5.01. The summed E-state index contributed by atoms with van der Waals surface area (Å²) in [5, 5.41) is 7.65. The molecule has 0 atom stereocenters. The van der Waals surface area contributed by atoms with E-state index in [-0.39, 0.29) is 0 Å². The maximum atomic E-state index is 13.4. The van der Waals surface area contributed by atoms with Gasteiger partial charge in [0, 0.05) is 19.0 Å². The zero-order valence-electron chi connectivity index (χ0n) is 8.82. The second-order valence-electron chi connectivity index (χ2n) is 3.45. The van der Waals surface area contributed by atoms with E-state index in [1.165, 1.54) is 12.1 Å².